The van der Waals surface area contributed by atoms with Gasteiger partial charge >= 0.3 is 5.97 Å². The molecule has 0 radical (unpaired) electrons. The van der Waals surface area contributed by atoms with Gasteiger partial charge in [-0.1, -0.05) is 6.07 Å². The van der Waals surface area contributed by atoms with Crippen molar-refractivity contribution in [3.05, 3.63) is 40.6 Å². The zero-order valence-electron chi connectivity index (χ0n) is 11.6. The molecule has 0 bridgehead atoms. The van der Waals surface area contributed by atoms with Crippen molar-refractivity contribution >= 4 is 11.7 Å². The average molecular weight is 280 g/mol. The number of nitrogens with zero attached hydrogens (tertiary/aromatic N) is 3. The Balaban J connectivity index is 3.21. The van der Waals surface area contributed by atoms with Crippen LogP contribution in [0.15, 0.2) is 29.5 Å². The van der Waals surface area contributed by atoms with E-state index >= 15 is 0 Å². The maximum Gasteiger partial charge on any atom is 0.338 e. The first-order valence-electron chi connectivity index (χ1n) is 6.06. The molecule has 21 heavy (non-hydrogen) atoms. The van der Waals surface area contributed by atoms with Crippen molar-refractivity contribution in [2.24, 2.45) is 0 Å². The van der Waals surface area contributed by atoms with E-state index in [-0.39, 0.29) is 17.9 Å². The van der Waals surface area contributed by atoms with E-state index in [4.69, 9.17) is 20.5 Å². The number of ether oxygens (including phenoxy) is 1. The smallest absolute Gasteiger partial charge is 0.338 e. The summed E-state index contributed by atoms with van der Waals surface area (Å²) >= 11 is 0. The number of carbonyl (C=O) groups excluding carboxylic acids is 1. The first kappa shape index (κ1) is 15.8. The van der Waals surface area contributed by atoms with E-state index in [1.165, 1.54) is 6.07 Å². The Morgan fingerprint density at radius 1 is 1.24 bits per heavy atom. The molecule has 1 aromatic rings. The van der Waals surface area contributed by atoms with Crippen LogP contribution in [-0.4, -0.2) is 12.6 Å². The second-order valence-corrected chi connectivity index (χ2v) is 3.96. The molecule has 0 amide bonds. The van der Waals surface area contributed by atoms with Crippen LogP contribution in [0.1, 0.15) is 22.8 Å². The molecular weight excluding hydrogens is 268 g/mol. The minimum absolute atomic E-state index is 0.163. The minimum Gasteiger partial charge on any atom is -0.462 e. The van der Waals surface area contributed by atoms with Crippen LogP contribution in [0.2, 0.25) is 0 Å². The largest absolute Gasteiger partial charge is 0.462 e. The standard InChI is InChI=1S/C15H12N4O2/c1-3-21-15(20)11-5-4-10(2)13(6-11)19-14(9-18)12(7-16)8-17/h4-6,19H,3H2,1-2H3. The van der Waals surface area contributed by atoms with Gasteiger partial charge in [-0.2, -0.15) is 15.8 Å². The van der Waals surface area contributed by atoms with Gasteiger partial charge in [-0.3, -0.25) is 0 Å². The van der Waals surface area contributed by atoms with Crippen LogP contribution in [0.5, 0.6) is 0 Å². The van der Waals surface area contributed by atoms with Gasteiger partial charge in [0.15, 0.2) is 5.57 Å². The molecule has 6 heteroatoms. The van der Waals surface area contributed by atoms with Crippen molar-refractivity contribution in [3.63, 3.8) is 0 Å². The van der Waals surface area contributed by atoms with Crippen LogP contribution >= 0.6 is 0 Å². The molecule has 1 rings (SSSR count). The van der Waals surface area contributed by atoms with E-state index in [0.717, 1.165) is 5.56 Å². The quantitative estimate of drug-likeness (QED) is 0.669. The minimum atomic E-state index is -0.483. The highest BCUT2D eigenvalue weighted by Crippen LogP contribution is 2.20. The zero-order valence-corrected chi connectivity index (χ0v) is 11.6. The van der Waals surface area contributed by atoms with Crippen LogP contribution in [0.4, 0.5) is 5.69 Å². The lowest BCUT2D eigenvalue weighted by molar-refractivity contribution is 0.0526. The predicted molar refractivity (Wildman–Crippen MR) is 74.6 cm³/mol. The molecule has 0 saturated heterocycles. The molecule has 6 nitrogen and oxygen atoms in total. The average Bonchev–Trinajstić information content (AvgIpc) is 2.49. The number of benzene rings is 1. The summed E-state index contributed by atoms with van der Waals surface area (Å²) in [6.45, 7) is 3.73. The summed E-state index contributed by atoms with van der Waals surface area (Å²) < 4.78 is 4.90. The Morgan fingerprint density at radius 3 is 2.43 bits per heavy atom. The second-order valence-electron chi connectivity index (χ2n) is 3.96. The summed E-state index contributed by atoms with van der Waals surface area (Å²) in [7, 11) is 0. The molecule has 1 aromatic carbocycles. The van der Waals surface area contributed by atoms with Crippen LogP contribution in [0.3, 0.4) is 0 Å². The first-order valence-corrected chi connectivity index (χ1v) is 6.06. The summed E-state index contributed by atoms with van der Waals surface area (Å²) in [5, 5.41) is 29.3. The molecule has 0 unspecified atom stereocenters. The second kappa shape index (κ2) is 7.33. The van der Waals surface area contributed by atoms with Crippen LogP contribution < -0.4 is 5.32 Å². The van der Waals surface area contributed by atoms with Gasteiger partial charge in [-0.15, -0.1) is 0 Å². The Hall–Kier alpha value is -3.30. The normalized spacial score (nSPS) is 8.71. The van der Waals surface area contributed by atoms with Crippen molar-refractivity contribution in [2.45, 2.75) is 13.8 Å². The zero-order chi connectivity index (χ0) is 15.8. The predicted octanol–water partition coefficient (Wildman–Crippen LogP) is 2.41. The van der Waals surface area contributed by atoms with E-state index in [9.17, 15) is 4.79 Å². The fraction of sp³-hybridized carbons (Fsp3) is 0.200. The van der Waals surface area contributed by atoms with Crippen LogP contribution in [0, 0.1) is 40.9 Å². The Kier molecular flexibility index (Phi) is 5.50. The fourth-order valence-electron chi connectivity index (χ4n) is 1.52. The molecule has 0 atom stereocenters. The number of esters is 1. The number of anilines is 1. The number of nitrogens with one attached hydrogen (secondary N) is 1. The SMILES string of the molecule is CCOC(=O)c1ccc(C)c(NC(C#N)=C(C#N)C#N)c1. The van der Waals surface area contributed by atoms with Crippen molar-refractivity contribution in [1.82, 2.24) is 0 Å². The van der Waals surface area contributed by atoms with Gasteiger partial charge in [-0.25, -0.2) is 4.79 Å². The van der Waals surface area contributed by atoms with Gasteiger partial charge in [-0.05, 0) is 31.5 Å². The van der Waals surface area contributed by atoms with E-state index in [1.54, 1.807) is 44.2 Å². The third-order valence-corrected chi connectivity index (χ3v) is 2.59. The van der Waals surface area contributed by atoms with Gasteiger partial charge in [0.05, 0.1) is 12.2 Å². The lowest BCUT2D eigenvalue weighted by Gasteiger charge is -2.10. The molecule has 0 heterocycles. The molecular formula is C15H12N4O2. The Morgan fingerprint density at radius 2 is 1.90 bits per heavy atom. The third kappa shape index (κ3) is 3.83. The molecule has 0 saturated carbocycles. The van der Waals surface area contributed by atoms with Crippen molar-refractivity contribution < 1.29 is 9.53 Å². The van der Waals surface area contributed by atoms with E-state index in [2.05, 4.69) is 5.32 Å². The van der Waals surface area contributed by atoms with Crippen molar-refractivity contribution in [3.8, 4) is 18.2 Å². The number of carbonyl (C=O) groups is 1. The molecule has 0 aliphatic carbocycles. The number of aryl methyl sites for hydroxylation is 1. The van der Waals surface area contributed by atoms with E-state index in [0.29, 0.717) is 11.3 Å². The van der Waals surface area contributed by atoms with E-state index < -0.39 is 5.97 Å². The molecule has 0 aliphatic rings. The molecule has 0 aliphatic heterocycles. The number of nitriles is 3. The van der Waals surface area contributed by atoms with Crippen LogP contribution in [-0.2, 0) is 4.74 Å². The lowest BCUT2D eigenvalue weighted by atomic mass is 10.1. The molecule has 0 spiro atoms. The highest BCUT2D eigenvalue weighted by Gasteiger charge is 2.11. The van der Waals surface area contributed by atoms with E-state index in [1.807, 2.05) is 0 Å². The maximum atomic E-state index is 11.7. The first-order chi connectivity index (χ1) is 10.1. The van der Waals surface area contributed by atoms with Crippen molar-refractivity contribution in [2.75, 3.05) is 11.9 Å². The number of hydrogen-bond donors (Lipinski definition) is 1. The monoisotopic (exact) mass is 280 g/mol. The van der Waals surface area contributed by atoms with Gasteiger partial charge in [0.25, 0.3) is 0 Å². The van der Waals surface area contributed by atoms with Gasteiger partial charge in [0.1, 0.15) is 23.9 Å². The highest BCUT2D eigenvalue weighted by atomic mass is 16.5. The lowest BCUT2D eigenvalue weighted by Crippen LogP contribution is -2.07. The van der Waals surface area contributed by atoms with Gasteiger partial charge in [0, 0.05) is 5.69 Å². The number of hydrogen-bond acceptors (Lipinski definition) is 6. The highest BCUT2D eigenvalue weighted by molar-refractivity contribution is 5.91. The summed E-state index contributed by atoms with van der Waals surface area (Å²) in [6.07, 6.45) is 0. The topological polar surface area (TPSA) is 110 Å². The molecule has 104 valence electrons. The van der Waals surface area contributed by atoms with Gasteiger partial charge in [0.2, 0.25) is 0 Å². The number of allylic oxidation sites excluding steroid dienone is 2. The Bertz CT molecular complexity index is 699. The Labute approximate surface area is 122 Å². The summed E-state index contributed by atoms with van der Waals surface area (Å²) in [5.41, 5.74) is 1.05. The van der Waals surface area contributed by atoms with Crippen LogP contribution in [0.25, 0.3) is 0 Å². The molecule has 1 N–H and O–H groups in total. The van der Waals surface area contributed by atoms with Gasteiger partial charge < -0.3 is 10.1 Å². The summed E-state index contributed by atoms with van der Waals surface area (Å²) in [4.78, 5) is 11.7. The third-order valence-electron chi connectivity index (χ3n) is 2.59. The summed E-state index contributed by atoms with van der Waals surface area (Å²) in [6, 6.07) is 9.84. The fourth-order valence-corrected chi connectivity index (χ4v) is 1.52. The summed E-state index contributed by atoms with van der Waals surface area (Å²) in [5.74, 6) is -0.483. The molecule has 0 aromatic heterocycles. The maximum absolute atomic E-state index is 11.7. The van der Waals surface area contributed by atoms with Crippen molar-refractivity contribution in [1.29, 1.82) is 15.8 Å². The number of rotatable bonds is 4. The molecule has 0 fully saturated rings.